The van der Waals surface area contributed by atoms with Crippen molar-refractivity contribution >= 4 is 11.9 Å². The Morgan fingerprint density at radius 1 is 1.32 bits per heavy atom. The van der Waals surface area contributed by atoms with Crippen LogP contribution in [0.4, 0.5) is 0 Å². The summed E-state index contributed by atoms with van der Waals surface area (Å²) in [4.78, 5) is 21.9. The van der Waals surface area contributed by atoms with Crippen LogP contribution >= 0.6 is 0 Å². The van der Waals surface area contributed by atoms with Crippen molar-refractivity contribution < 1.29 is 24.5 Å². The minimum Gasteiger partial charge on any atom is -0.479 e. The number of carbonyl (C=O) groups excluding carboxylic acids is 1. The Hall–Kier alpha value is -1.88. The topological polar surface area (TPSA) is 83.8 Å². The van der Waals surface area contributed by atoms with Gasteiger partial charge in [0.05, 0.1) is 7.11 Å². The van der Waals surface area contributed by atoms with E-state index in [1.807, 2.05) is 6.92 Å². The summed E-state index contributed by atoms with van der Waals surface area (Å²) in [5.74, 6) is -1.60. The minimum absolute atomic E-state index is 0.232. The summed E-state index contributed by atoms with van der Waals surface area (Å²) >= 11 is 0. The van der Waals surface area contributed by atoms with Crippen LogP contribution in [-0.2, 0) is 27.2 Å². The maximum Gasteiger partial charge on any atom is 0.337 e. The van der Waals surface area contributed by atoms with Gasteiger partial charge in [0.1, 0.15) is 0 Å². The predicted octanol–water partition coefficient (Wildman–Crippen LogP) is 1.47. The molecule has 0 aliphatic heterocycles. The number of carbonyl (C=O) groups is 2. The summed E-state index contributed by atoms with van der Waals surface area (Å²) in [5, 5.41) is 18.3. The molecule has 0 saturated heterocycles. The van der Waals surface area contributed by atoms with Crippen LogP contribution in [0.5, 0.6) is 0 Å². The standard InChI is InChI=1S/C14H18O5/c1-3-9-4-5-11(13(16)14(17)18)8-10(9)6-7-12(15)19-2/h4-5,8,13,16H,3,6-7H2,1-2H3,(H,17,18). The zero-order valence-corrected chi connectivity index (χ0v) is 11.0. The molecule has 0 amide bonds. The molecule has 1 unspecified atom stereocenters. The van der Waals surface area contributed by atoms with Crippen molar-refractivity contribution in [1.29, 1.82) is 0 Å². The van der Waals surface area contributed by atoms with Gasteiger partial charge < -0.3 is 14.9 Å². The minimum atomic E-state index is -1.54. The fourth-order valence-corrected chi connectivity index (χ4v) is 1.87. The SMILES string of the molecule is CCc1ccc(C(O)C(=O)O)cc1CCC(=O)OC. The molecule has 0 bridgehead atoms. The summed E-state index contributed by atoms with van der Waals surface area (Å²) in [7, 11) is 1.33. The average Bonchev–Trinajstić information content (AvgIpc) is 2.43. The molecule has 0 spiro atoms. The van der Waals surface area contributed by atoms with Gasteiger partial charge in [-0.15, -0.1) is 0 Å². The van der Waals surface area contributed by atoms with E-state index in [1.165, 1.54) is 7.11 Å². The highest BCUT2D eigenvalue weighted by atomic mass is 16.5. The van der Waals surface area contributed by atoms with Gasteiger partial charge in [0.15, 0.2) is 6.10 Å². The number of rotatable bonds is 6. The Labute approximate surface area is 111 Å². The predicted molar refractivity (Wildman–Crippen MR) is 68.8 cm³/mol. The zero-order chi connectivity index (χ0) is 14.4. The lowest BCUT2D eigenvalue weighted by molar-refractivity contribution is -0.147. The third-order valence-corrected chi connectivity index (χ3v) is 2.99. The van der Waals surface area contributed by atoms with Crippen molar-refractivity contribution in [2.45, 2.75) is 32.3 Å². The van der Waals surface area contributed by atoms with Crippen LogP contribution in [0.25, 0.3) is 0 Å². The molecule has 0 radical (unpaired) electrons. The molecular weight excluding hydrogens is 248 g/mol. The Morgan fingerprint density at radius 3 is 2.53 bits per heavy atom. The van der Waals surface area contributed by atoms with Crippen LogP contribution in [-0.4, -0.2) is 29.3 Å². The van der Waals surface area contributed by atoms with Gasteiger partial charge in [-0.1, -0.05) is 25.1 Å². The quantitative estimate of drug-likeness (QED) is 0.762. The molecule has 1 atom stereocenters. The van der Waals surface area contributed by atoms with Gasteiger partial charge in [-0.3, -0.25) is 4.79 Å². The third kappa shape index (κ3) is 4.06. The highest BCUT2D eigenvalue weighted by Crippen LogP contribution is 2.20. The fraction of sp³-hybridized carbons (Fsp3) is 0.429. The maximum atomic E-state index is 11.1. The van der Waals surface area contributed by atoms with Gasteiger partial charge in [-0.2, -0.15) is 0 Å². The lowest BCUT2D eigenvalue weighted by atomic mass is 9.96. The second-order valence-electron chi connectivity index (χ2n) is 4.20. The van der Waals surface area contributed by atoms with Crippen LogP contribution in [0.1, 0.15) is 36.1 Å². The number of hydrogen-bond donors (Lipinski definition) is 2. The number of benzene rings is 1. The maximum absolute atomic E-state index is 11.1. The largest absolute Gasteiger partial charge is 0.479 e. The van der Waals surface area contributed by atoms with E-state index in [0.717, 1.165) is 17.5 Å². The molecule has 1 aromatic carbocycles. The molecule has 0 heterocycles. The first-order valence-electron chi connectivity index (χ1n) is 6.09. The Balaban J connectivity index is 2.96. The Morgan fingerprint density at radius 2 is 2.00 bits per heavy atom. The van der Waals surface area contributed by atoms with Crippen molar-refractivity contribution in [2.24, 2.45) is 0 Å². The molecule has 1 aromatic rings. The zero-order valence-electron chi connectivity index (χ0n) is 11.0. The number of hydrogen-bond acceptors (Lipinski definition) is 4. The Kier molecular flexibility index (Phi) is 5.51. The summed E-state index contributed by atoms with van der Waals surface area (Å²) in [6.07, 6.45) is -0.0608. The smallest absolute Gasteiger partial charge is 0.337 e. The lowest BCUT2D eigenvalue weighted by Crippen LogP contribution is -2.11. The van der Waals surface area contributed by atoms with Crippen LogP contribution in [0.3, 0.4) is 0 Å². The summed E-state index contributed by atoms with van der Waals surface area (Å²) in [6, 6.07) is 5.02. The van der Waals surface area contributed by atoms with E-state index in [9.17, 15) is 14.7 Å². The van der Waals surface area contributed by atoms with Crippen LogP contribution in [0.2, 0.25) is 0 Å². The van der Waals surface area contributed by atoms with Crippen LogP contribution in [0.15, 0.2) is 18.2 Å². The van der Waals surface area contributed by atoms with Crippen molar-refractivity contribution in [1.82, 2.24) is 0 Å². The molecule has 5 heteroatoms. The van der Waals surface area contributed by atoms with Gasteiger partial charge in [0.2, 0.25) is 0 Å². The number of aliphatic carboxylic acids is 1. The third-order valence-electron chi connectivity index (χ3n) is 2.99. The van der Waals surface area contributed by atoms with Crippen molar-refractivity contribution in [3.63, 3.8) is 0 Å². The molecule has 0 aliphatic carbocycles. The molecule has 0 saturated carbocycles. The van der Waals surface area contributed by atoms with E-state index >= 15 is 0 Å². The molecule has 0 fully saturated rings. The normalized spacial score (nSPS) is 11.9. The van der Waals surface area contributed by atoms with Gasteiger partial charge >= 0.3 is 11.9 Å². The number of methoxy groups -OCH3 is 1. The lowest BCUT2D eigenvalue weighted by Gasteiger charge is -2.12. The molecule has 19 heavy (non-hydrogen) atoms. The van der Waals surface area contributed by atoms with Crippen molar-refractivity contribution in [3.05, 3.63) is 34.9 Å². The van der Waals surface area contributed by atoms with E-state index in [4.69, 9.17) is 5.11 Å². The van der Waals surface area contributed by atoms with Crippen LogP contribution < -0.4 is 0 Å². The Bertz CT molecular complexity index is 467. The number of aliphatic hydroxyl groups is 1. The second kappa shape index (κ2) is 6.89. The van der Waals surface area contributed by atoms with E-state index in [1.54, 1.807) is 18.2 Å². The molecule has 5 nitrogen and oxygen atoms in total. The number of aliphatic hydroxyl groups excluding tert-OH is 1. The van der Waals surface area contributed by atoms with Gasteiger partial charge in [0, 0.05) is 6.42 Å². The molecule has 0 aromatic heterocycles. The number of carboxylic acid groups (broad SMARTS) is 1. The summed E-state index contributed by atoms with van der Waals surface area (Å²) < 4.78 is 4.58. The van der Waals surface area contributed by atoms with E-state index in [-0.39, 0.29) is 12.4 Å². The van der Waals surface area contributed by atoms with Gasteiger partial charge in [-0.05, 0) is 29.5 Å². The number of carboxylic acids is 1. The van der Waals surface area contributed by atoms with Gasteiger partial charge in [-0.25, -0.2) is 4.79 Å². The molecule has 104 valence electrons. The van der Waals surface area contributed by atoms with E-state index in [2.05, 4.69) is 4.74 Å². The van der Waals surface area contributed by atoms with Crippen molar-refractivity contribution in [3.8, 4) is 0 Å². The molecule has 1 rings (SSSR count). The first-order valence-corrected chi connectivity index (χ1v) is 6.09. The first-order chi connectivity index (χ1) is 8.99. The highest BCUT2D eigenvalue weighted by Gasteiger charge is 2.17. The fourth-order valence-electron chi connectivity index (χ4n) is 1.87. The molecular formula is C14H18O5. The number of ether oxygens (including phenoxy) is 1. The van der Waals surface area contributed by atoms with Crippen LogP contribution in [0, 0.1) is 0 Å². The first kappa shape index (κ1) is 15.2. The van der Waals surface area contributed by atoms with E-state index < -0.39 is 12.1 Å². The second-order valence-corrected chi connectivity index (χ2v) is 4.20. The molecule has 2 N–H and O–H groups in total. The summed E-state index contributed by atoms with van der Waals surface area (Å²) in [6.45, 7) is 1.98. The summed E-state index contributed by atoms with van der Waals surface area (Å²) in [5.41, 5.74) is 2.22. The highest BCUT2D eigenvalue weighted by molar-refractivity contribution is 5.74. The van der Waals surface area contributed by atoms with Gasteiger partial charge in [0.25, 0.3) is 0 Å². The number of esters is 1. The monoisotopic (exact) mass is 266 g/mol. The van der Waals surface area contributed by atoms with Crippen molar-refractivity contribution in [2.75, 3.05) is 7.11 Å². The number of aryl methyl sites for hydroxylation is 2. The van der Waals surface area contributed by atoms with E-state index in [0.29, 0.717) is 12.0 Å². The molecule has 0 aliphatic rings. The average molecular weight is 266 g/mol.